The average molecular weight is 300 g/mol. The smallest absolute Gasteiger partial charge is 0.338 e. The molecular weight excluding hydrogens is 268 g/mol. The second-order valence-electron chi connectivity index (χ2n) is 7.19. The van der Waals surface area contributed by atoms with Gasteiger partial charge in [-0.05, 0) is 39.5 Å². The van der Waals surface area contributed by atoms with Crippen molar-refractivity contribution < 1.29 is 19.0 Å². The molecule has 1 aliphatic rings. The Balaban J connectivity index is 2.12. The summed E-state index contributed by atoms with van der Waals surface area (Å²) in [6.45, 7) is 8.57. The summed E-state index contributed by atoms with van der Waals surface area (Å²) in [6.07, 6.45) is 6.38. The Hall–Kier alpha value is -0.610. The maximum atomic E-state index is 11.4. The van der Waals surface area contributed by atoms with Gasteiger partial charge in [0.05, 0.1) is 12.7 Å². The number of epoxide rings is 1. The first-order valence-electron chi connectivity index (χ1n) is 8.05. The van der Waals surface area contributed by atoms with Gasteiger partial charge in [0.15, 0.2) is 6.10 Å². The van der Waals surface area contributed by atoms with E-state index in [4.69, 9.17) is 14.2 Å². The molecule has 0 radical (unpaired) electrons. The van der Waals surface area contributed by atoms with Gasteiger partial charge in [0, 0.05) is 7.11 Å². The largest absolute Gasteiger partial charge is 0.467 e. The van der Waals surface area contributed by atoms with Crippen LogP contribution in [0.1, 0.15) is 66.2 Å². The normalized spacial score (nSPS) is 26.5. The summed E-state index contributed by atoms with van der Waals surface area (Å²) in [7, 11) is 3.19. The molecular formula is C17H32O4. The molecule has 4 heteroatoms. The fourth-order valence-corrected chi connectivity index (χ4v) is 2.75. The second kappa shape index (κ2) is 7.59. The third-order valence-corrected chi connectivity index (χ3v) is 4.70. The number of methoxy groups -OCH3 is 2. The highest BCUT2D eigenvalue weighted by molar-refractivity contribution is 5.79. The number of esters is 1. The van der Waals surface area contributed by atoms with Crippen LogP contribution in [0, 0.1) is 5.92 Å². The molecule has 1 heterocycles. The van der Waals surface area contributed by atoms with Crippen LogP contribution in [-0.2, 0) is 19.0 Å². The summed E-state index contributed by atoms with van der Waals surface area (Å²) in [5.41, 5.74) is -0.298. The van der Waals surface area contributed by atoms with Gasteiger partial charge in [-0.1, -0.05) is 32.6 Å². The van der Waals surface area contributed by atoms with Crippen LogP contribution in [0.15, 0.2) is 0 Å². The molecule has 0 aliphatic carbocycles. The number of rotatable bonds is 10. The van der Waals surface area contributed by atoms with Crippen molar-refractivity contribution in [2.45, 2.75) is 83.5 Å². The van der Waals surface area contributed by atoms with Crippen LogP contribution in [0.2, 0.25) is 0 Å². The summed E-state index contributed by atoms with van der Waals surface area (Å²) in [5, 5.41) is 0. The van der Waals surface area contributed by atoms with Crippen molar-refractivity contribution >= 4 is 5.97 Å². The van der Waals surface area contributed by atoms with E-state index in [9.17, 15) is 4.79 Å². The third kappa shape index (κ3) is 5.95. The van der Waals surface area contributed by atoms with Gasteiger partial charge in [-0.3, -0.25) is 0 Å². The van der Waals surface area contributed by atoms with E-state index < -0.39 is 0 Å². The molecule has 124 valence electrons. The Morgan fingerprint density at radius 1 is 1.29 bits per heavy atom. The van der Waals surface area contributed by atoms with Crippen LogP contribution in [0.3, 0.4) is 0 Å². The molecule has 0 bridgehead atoms. The SMILES string of the molecule is COC(=O)[C@@H]1O[C@@]1(C)CCCC(C)CCCC(C)(C)OC. The van der Waals surface area contributed by atoms with Gasteiger partial charge in [0.2, 0.25) is 0 Å². The predicted molar refractivity (Wildman–Crippen MR) is 83.2 cm³/mol. The highest BCUT2D eigenvalue weighted by Gasteiger charge is 2.57. The molecule has 1 rings (SSSR count). The van der Waals surface area contributed by atoms with E-state index in [0.717, 1.165) is 19.3 Å². The molecule has 1 saturated heterocycles. The molecule has 0 amide bonds. The molecule has 0 aromatic heterocycles. The molecule has 0 spiro atoms. The summed E-state index contributed by atoms with van der Waals surface area (Å²) in [6, 6.07) is 0. The monoisotopic (exact) mass is 300 g/mol. The zero-order valence-electron chi connectivity index (χ0n) is 14.5. The lowest BCUT2D eigenvalue weighted by molar-refractivity contribution is -0.142. The van der Waals surface area contributed by atoms with Crippen LogP contribution >= 0.6 is 0 Å². The molecule has 0 aromatic carbocycles. The van der Waals surface area contributed by atoms with Crippen molar-refractivity contribution in [3.63, 3.8) is 0 Å². The highest BCUT2D eigenvalue weighted by Crippen LogP contribution is 2.41. The van der Waals surface area contributed by atoms with Crippen molar-refractivity contribution in [1.29, 1.82) is 0 Å². The summed E-state index contributed by atoms with van der Waals surface area (Å²) < 4.78 is 15.6. The zero-order valence-corrected chi connectivity index (χ0v) is 14.5. The highest BCUT2D eigenvalue weighted by atomic mass is 16.6. The van der Waals surface area contributed by atoms with Crippen LogP contribution in [0.25, 0.3) is 0 Å². The molecule has 0 N–H and O–H groups in total. The van der Waals surface area contributed by atoms with E-state index in [1.807, 2.05) is 6.92 Å². The first kappa shape index (κ1) is 18.4. The Morgan fingerprint density at radius 2 is 1.90 bits per heavy atom. The van der Waals surface area contributed by atoms with Gasteiger partial charge in [-0.15, -0.1) is 0 Å². The minimum atomic E-state index is -0.347. The van der Waals surface area contributed by atoms with E-state index in [1.165, 1.54) is 26.4 Å². The van der Waals surface area contributed by atoms with E-state index in [1.54, 1.807) is 7.11 Å². The number of hydrogen-bond acceptors (Lipinski definition) is 4. The van der Waals surface area contributed by atoms with Crippen molar-refractivity contribution in [3.8, 4) is 0 Å². The first-order chi connectivity index (χ1) is 9.74. The molecule has 3 atom stereocenters. The fraction of sp³-hybridized carbons (Fsp3) is 0.941. The minimum Gasteiger partial charge on any atom is -0.467 e. The van der Waals surface area contributed by atoms with E-state index in [-0.39, 0.29) is 23.3 Å². The van der Waals surface area contributed by atoms with Crippen LogP contribution in [0.5, 0.6) is 0 Å². The molecule has 0 aromatic rings. The standard InChI is InChI=1S/C17H32O4/c1-13(9-7-11-16(2,3)20-6)10-8-12-17(4)14(21-17)15(18)19-5/h13-14H,7-12H2,1-6H3/t13?,14-,17-/m0/s1. The molecule has 1 unspecified atom stereocenters. The predicted octanol–water partition coefficient (Wildman–Crippen LogP) is 3.72. The molecule has 21 heavy (non-hydrogen) atoms. The average Bonchev–Trinajstić information content (AvgIpc) is 3.10. The third-order valence-electron chi connectivity index (χ3n) is 4.70. The summed E-state index contributed by atoms with van der Waals surface area (Å²) in [4.78, 5) is 11.4. The van der Waals surface area contributed by atoms with Crippen LogP contribution in [-0.4, -0.2) is 37.5 Å². The quantitative estimate of drug-likeness (QED) is 0.456. The van der Waals surface area contributed by atoms with Crippen molar-refractivity contribution in [1.82, 2.24) is 0 Å². The number of hydrogen-bond donors (Lipinski definition) is 0. The molecule has 4 nitrogen and oxygen atoms in total. The van der Waals surface area contributed by atoms with Crippen LogP contribution < -0.4 is 0 Å². The Bertz CT molecular complexity index is 340. The van der Waals surface area contributed by atoms with Gasteiger partial charge in [-0.25, -0.2) is 4.79 Å². The number of carbonyl (C=O) groups is 1. The fourth-order valence-electron chi connectivity index (χ4n) is 2.75. The molecule has 1 aliphatic heterocycles. The maximum absolute atomic E-state index is 11.4. The van der Waals surface area contributed by atoms with E-state index in [0.29, 0.717) is 5.92 Å². The lowest BCUT2D eigenvalue weighted by Crippen LogP contribution is -2.22. The van der Waals surface area contributed by atoms with E-state index in [2.05, 4.69) is 20.8 Å². The first-order valence-corrected chi connectivity index (χ1v) is 8.05. The minimum absolute atomic E-state index is 0.0111. The summed E-state index contributed by atoms with van der Waals surface area (Å²) >= 11 is 0. The molecule has 1 fully saturated rings. The summed E-state index contributed by atoms with van der Waals surface area (Å²) in [5.74, 6) is 0.462. The Morgan fingerprint density at radius 3 is 2.48 bits per heavy atom. The maximum Gasteiger partial charge on any atom is 0.338 e. The lowest BCUT2D eigenvalue weighted by Gasteiger charge is -2.23. The Kier molecular flexibility index (Phi) is 6.67. The van der Waals surface area contributed by atoms with E-state index >= 15 is 0 Å². The zero-order chi connectivity index (χ0) is 16.1. The van der Waals surface area contributed by atoms with Crippen molar-refractivity contribution in [2.24, 2.45) is 5.92 Å². The van der Waals surface area contributed by atoms with Gasteiger partial charge < -0.3 is 14.2 Å². The lowest BCUT2D eigenvalue weighted by atomic mass is 9.91. The number of carbonyl (C=O) groups excluding carboxylic acids is 1. The van der Waals surface area contributed by atoms with Crippen LogP contribution in [0.4, 0.5) is 0 Å². The van der Waals surface area contributed by atoms with Gasteiger partial charge in [0.1, 0.15) is 5.60 Å². The molecule has 0 saturated carbocycles. The van der Waals surface area contributed by atoms with Crippen molar-refractivity contribution in [2.75, 3.05) is 14.2 Å². The van der Waals surface area contributed by atoms with Gasteiger partial charge >= 0.3 is 5.97 Å². The van der Waals surface area contributed by atoms with Gasteiger partial charge in [-0.2, -0.15) is 0 Å². The Labute approximate surface area is 129 Å². The van der Waals surface area contributed by atoms with Crippen molar-refractivity contribution in [3.05, 3.63) is 0 Å². The topological polar surface area (TPSA) is 48.1 Å². The second-order valence-corrected chi connectivity index (χ2v) is 7.19. The number of ether oxygens (including phenoxy) is 3. The van der Waals surface area contributed by atoms with Gasteiger partial charge in [0.25, 0.3) is 0 Å².